The summed E-state index contributed by atoms with van der Waals surface area (Å²) in [5.41, 5.74) is 1.73. The van der Waals surface area contributed by atoms with Gasteiger partial charge in [-0.2, -0.15) is 0 Å². The molecule has 1 aromatic heterocycles. The molecule has 3 aromatic rings. The third-order valence-corrected chi connectivity index (χ3v) is 6.65. The molecule has 32 heavy (non-hydrogen) atoms. The molecule has 0 bridgehead atoms. The number of halogens is 1. The van der Waals surface area contributed by atoms with E-state index in [4.69, 9.17) is 25.8 Å². The molecular formula is C22H18ClN3O5S. The molecule has 10 heteroatoms. The average molecular weight is 472 g/mol. The van der Waals surface area contributed by atoms with Crippen LogP contribution in [0.5, 0.6) is 17.2 Å². The number of carbonyl (C=O) groups is 2. The van der Waals surface area contributed by atoms with Crippen LogP contribution in [0.1, 0.15) is 33.3 Å². The number of ether oxygens (including phenoxy) is 3. The molecule has 1 atom stereocenters. The van der Waals surface area contributed by atoms with Gasteiger partial charge in [0.1, 0.15) is 5.75 Å². The van der Waals surface area contributed by atoms with Crippen molar-refractivity contribution in [1.29, 1.82) is 0 Å². The first-order valence-corrected chi connectivity index (χ1v) is 11.1. The largest absolute Gasteiger partial charge is 0.495 e. The molecule has 0 saturated carbocycles. The lowest BCUT2D eigenvalue weighted by atomic mass is 10.1. The maximum absolute atomic E-state index is 12.9. The van der Waals surface area contributed by atoms with Gasteiger partial charge in [0.15, 0.2) is 16.6 Å². The lowest BCUT2D eigenvalue weighted by molar-refractivity contribution is -0.117. The molecular weight excluding hydrogens is 454 g/mol. The number of hydrogen-bond donors (Lipinski definition) is 2. The van der Waals surface area contributed by atoms with E-state index < -0.39 is 5.92 Å². The van der Waals surface area contributed by atoms with E-state index in [0.717, 1.165) is 11.3 Å². The highest BCUT2D eigenvalue weighted by Crippen LogP contribution is 2.39. The van der Waals surface area contributed by atoms with Crippen molar-refractivity contribution in [3.8, 4) is 17.2 Å². The summed E-state index contributed by atoms with van der Waals surface area (Å²) in [5, 5.41) is 6.58. The Morgan fingerprint density at radius 2 is 2.00 bits per heavy atom. The van der Waals surface area contributed by atoms with E-state index in [0.29, 0.717) is 50.8 Å². The van der Waals surface area contributed by atoms with Gasteiger partial charge in [-0.15, -0.1) is 11.3 Å². The minimum Gasteiger partial charge on any atom is -0.495 e. The van der Waals surface area contributed by atoms with Gasteiger partial charge in [-0.3, -0.25) is 14.9 Å². The summed E-state index contributed by atoms with van der Waals surface area (Å²) >= 11 is 7.53. The van der Waals surface area contributed by atoms with Gasteiger partial charge in [0.05, 0.1) is 23.7 Å². The van der Waals surface area contributed by atoms with Crippen LogP contribution >= 0.6 is 22.9 Å². The lowest BCUT2D eigenvalue weighted by Crippen LogP contribution is -2.20. The summed E-state index contributed by atoms with van der Waals surface area (Å²) in [6.07, 6.45) is 1.40. The molecule has 8 nitrogen and oxygen atoms in total. The standard InChI is InChI=1S/C22H18ClN3O5S/c1-29-15-6-3-12(9-14(15)23)24-21(28)13-4-7-18-19(13)25-22(32-18)26-20(27)11-2-5-16-17(8-11)31-10-30-16/h2-3,5-6,8-9,13H,4,7,10H2,1H3,(H,24,28)(H,25,26,27). The van der Waals surface area contributed by atoms with Crippen LogP contribution in [-0.4, -0.2) is 30.7 Å². The summed E-state index contributed by atoms with van der Waals surface area (Å²) in [6.45, 7) is 0.145. The number of nitrogens with one attached hydrogen (secondary N) is 2. The van der Waals surface area contributed by atoms with E-state index >= 15 is 0 Å². The van der Waals surface area contributed by atoms with Crippen LogP contribution in [0.3, 0.4) is 0 Å². The Morgan fingerprint density at radius 3 is 2.81 bits per heavy atom. The number of anilines is 2. The second-order valence-electron chi connectivity index (χ2n) is 7.28. The monoisotopic (exact) mass is 471 g/mol. The van der Waals surface area contributed by atoms with E-state index in [2.05, 4.69) is 15.6 Å². The molecule has 0 saturated heterocycles. The van der Waals surface area contributed by atoms with Gasteiger partial charge in [-0.1, -0.05) is 11.6 Å². The van der Waals surface area contributed by atoms with E-state index in [9.17, 15) is 9.59 Å². The number of rotatable bonds is 5. The zero-order valence-electron chi connectivity index (χ0n) is 16.9. The molecule has 164 valence electrons. The normalized spacial score (nSPS) is 15.9. The number of methoxy groups -OCH3 is 1. The maximum atomic E-state index is 12.9. The third kappa shape index (κ3) is 3.85. The Kier molecular flexibility index (Phi) is 5.36. The number of fused-ring (bicyclic) bond motifs is 2. The van der Waals surface area contributed by atoms with Gasteiger partial charge in [0.25, 0.3) is 5.91 Å². The van der Waals surface area contributed by atoms with E-state index in [-0.39, 0.29) is 18.6 Å². The molecule has 2 N–H and O–H groups in total. The number of hydrogen-bond acceptors (Lipinski definition) is 7. The van der Waals surface area contributed by atoms with Crippen LogP contribution in [0.25, 0.3) is 0 Å². The SMILES string of the molecule is COc1ccc(NC(=O)C2CCc3sc(NC(=O)c4ccc5c(c4)OCO5)nc32)cc1Cl. The number of aryl methyl sites for hydroxylation is 1. The minimum absolute atomic E-state index is 0.145. The first kappa shape index (κ1) is 20.6. The number of benzene rings is 2. The van der Waals surface area contributed by atoms with Crippen molar-refractivity contribution < 1.29 is 23.8 Å². The fourth-order valence-corrected chi connectivity index (χ4v) is 5.01. The summed E-state index contributed by atoms with van der Waals surface area (Å²) < 4.78 is 15.7. The van der Waals surface area contributed by atoms with Crippen molar-refractivity contribution in [1.82, 2.24) is 4.98 Å². The van der Waals surface area contributed by atoms with Gasteiger partial charge in [0.2, 0.25) is 12.7 Å². The lowest BCUT2D eigenvalue weighted by Gasteiger charge is -2.12. The number of amides is 2. The molecule has 5 rings (SSSR count). The number of thiazole rings is 1. The van der Waals surface area contributed by atoms with E-state index in [1.165, 1.54) is 18.4 Å². The quantitative estimate of drug-likeness (QED) is 0.570. The van der Waals surface area contributed by atoms with Gasteiger partial charge >= 0.3 is 0 Å². The van der Waals surface area contributed by atoms with Crippen LogP contribution in [0.4, 0.5) is 10.8 Å². The fourth-order valence-electron chi connectivity index (χ4n) is 3.72. The first-order chi connectivity index (χ1) is 15.5. The van der Waals surface area contributed by atoms with Crippen LogP contribution in [0.2, 0.25) is 5.02 Å². The van der Waals surface area contributed by atoms with Crippen molar-refractivity contribution in [3.05, 3.63) is 57.6 Å². The Balaban J connectivity index is 1.28. The van der Waals surface area contributed by atoms with Crippen LogP contribution in [-0.2, 0) is 11.2 Å². The van der Waals surface area contributed by atoms with E-state index in [1.807, 2.05) is 0 Å². The van der Waals surface area contributed by atoms with Gasteiger partial charge < -0.3 is 19.5 Å². The van der Waals surface area contributed by atoms with Crippen molar-refractivity contribution in [2.24, 2.45) is 0 Å². The summed E-state index contributed by atoms with van der Waals surface area (Å²) in [5.74, 6) is 0.832. The zero-order valence-corrected chi connectivity index (χ0v) is 18.5. The van der Waals surface area contributed by atoms with Crippen LogP contribution in [0, 0.1) is 0 Å². The summed E-state index contributed by atoms with van der Waals surface area (Å²) in [4.78, 5) is 31.0. The zero-order chi connectivity index (χ0) is 22.2. The van der Waals surface area contributed by atoms with Crippen molar-refractivity contribution in [2.75, 3.05) is 24.5 Å². The number of carbonyl (C=O) groups excluding carboxylic acids is 2. The molecule has 0 radical (unpaired) electrons. The summed E-state index contributed by atoms with van der Waals surface area (Å²) in [6, 6.07) is 10.1. The Bertz CT molecular complexity index is 1230. The smallest absolute Gasteiger partial charge is 0.257 e. The predicted molar refractivity (Wildman–Crippen MR) is 120 cm³/mol. The molecule has 0 fully saturated rings. The molecule has 2 aromatic carbocycles. The molecule has 1 aliphatic carbocycles. The molecule has 1 aliphatic heterocycles. The van der Waals surface area contributed by atoms with Crippen LogP contribution in [0.15, 0.2) is 36.4 Å². The topological polar surface area (TPSA) is 98.8 Å². The third-order valence-electron chi connectivity index (χ3n) is 5.31. The van der Waals surface area contributed by atoms with Crippen molar-refractivity contribution in [3.63, 3.8) is 0 Å². The highest BCUT2D eigenvalue weighted by atomic mass is 35.5. The molecule has 0 spiro atoms. The Hall–Kier alpha value is -3.30. The summed E-state index contributed by atoms with van der Waals surface area (Å²) in [7, 11) is 1.53. The molecule has 2 amide bonds. The first-order valence-electron chi connectivity index (χ1n) is 9.87. The van der Waals surface area contributed by atoms with Crippen molar-refractivity contribution >= 4 is 45.6 Å². The molecule has 2 heterocycles. The Labute approximate surface area is 192 Å². The second-order valence-corrected chi connectivity index (χ2v) is 8.77. The number of aromatic nitrogens is 1. The minimum atomic E-state index is -0.390. The fraction of sp³-hybridized carbons (Fsp3) is 0.227. The van der Waals surface area contributed by atoms with Crippen molar-refractivity contribution in [2.45, 2.75) is 18.8 Å². The molecule has 1 unspecified atom stereocenters. The maximum Gasteiger partial charge on any atom is 0.257 e. The Morgan fingerprint density at radius 1 is 1.16 bits per heavy atom. The van der Waals surface area contributed by atoms with Gasteiger partial charge in [0, 0.05) is 16.1 Å². The predicted octanol–water partition coefficient (Wildman–Crippen LogP) is 4.45. The highest BCUT2D eigenvalue weighted by Gasteiger charge is 2.33. The van der Waals surface area contributed by atoms with Gasteiger partial charge in [-0.05, 0) is 49.2 Å². The van der Waals surface area contributed by atoms with Crippen LogP contribution < -0.4 is 24.8 Å². The highest BCUT2D eigenvalue weighted by molar-refractivity contribution is 7.16. The van der Waals surface area contributed by atoms with Gasteiger partial charge in [-0.25, -0.2) is 4.98 Å². The number of nitrogens with zero attached hydrogens (tertiary/aromatic N) is 1. The van der Waals surface area contributed by atoms with E-state index in [1.54, 1.807) is 36.4 Å². The average Bonchev–Trinajstić information content (AvgIpc) is 3.48. The molecule has 2 aliphatic rings. The second kappa shape index (κ2) is 8.33.